The molecule has 0 radical (unpaired) electrons. The smallest absolute Gasteiger partial charge is 0.237 e. The summed E-state index contributed by atoms with van der Waals surface area (Å²) < 4.78 is 0. The van der Waals surface area contributed by atoms with Gasteiger partial charge in [-0.15, -0.1) is 11.8 Å². The number of amides is 1. The molecule has 0 aliphatic rings. The highest BCUT2D eigenvalue weighted by atomic mass is 35.5. The molecule has 0 aliphatic carbocycles. The fourth-order valence-corrected chi connectivity index (χ4v) is 3.19. The first-order valence-corrected chi connectivity index (χ1v) is 8.62. The van der Waals surface area contributed by atoms with Gasteiger partial charge in [0.05, 0.1) is 5.25 Å². The molecule has 0 bridgehead atoms. The molecule has 0 saturated heterocycles. The van der Waals surface area contributed by atoms with E-state index in [1.165, 1.54) is 11.8 Å². The number of thioether (sulfide) groups is 1. The highest BCUT2D eigenvalue weighted by Crippen LogP contribution is 2.28. The third kappa shape index (κ3) is 4.67. The van der Waals surface area contributed by atoms with Crippen LogP contribution in [-0.4, -0.2) is 11.2 Å². The summed E-state index contributed by atoms with van der Waals surface area (Å²) in [6.45, 7) is 3.94. The normalized spacial score (nSPS) is 12.0. The number of benzene rings is 2. The van der Waals surface area contributed by atoms with E-state index in [2.05, 4.69) is 5.32 Å². The minimum Gasteiger partial charge on any atom is -0.325 e. The van der Waals surface area contributed by atoms with E-state index in [0.717, 1.165) is 22.6 Å². The molecule has 2 nitrogen and oxygen atoms in total. The maximum Gasteiger partial charge on any atom is 0.237 e. The molecule has 0 aromatic heterocycles. The van der Waals surface area contributed by atoms with Crippen molar-refractivity contribution < 1.29 is 4.79 Å². The SMILES string of the molecule is CC[C@H](Sc1ccc(Cl)cc1)C(=O)Nc1cc(Cl)ccc1C. The average molecular weight is 354 g/mol. The Bertz CT molecular complexity index is 658. The van der Waals surface area contributed by atoms with Crippen LogP contribution in [0.1, 0.15) is 18.9 Å². The molecule has 1 amide bonds. The fraction of sp³-hybridized carbons (Fsp3) is 0.235. The van der Waals surface area contributed by atoms with Crippen molar-refractivity contribution in [3.8, 4) is 0 Å². The Morgan fingerprint density at radius 2 is 1.77 bits per heavy atom. The number of nitrogens with one attached hydrogen (secondary N) is 1. The lowest BCUT2D eigenvalue weighted by Gasteiger charge is -2.16. The van der Waals surface area contributed by atoms with Gasteiger partial charge in [-0.2, -0.15) is 0 Å². The Balaban J connectivity index is 2.08. The molecule has 0 fully saturated rings. The summed E-state index contributed by atoms with van der Waals surface area (Å²) in [4.78, 5) is 13.5. The molecule has 0 unspecified atom stereocenters. The predicted octanol–water partition coefficient (Wildman–Crippen LogP) is 5.81. The maximum absolute atomic E-state index is 12.5. The van der Waals surface area contributed by atoms with E-state index in [9.17, 15) is 4.79 Å². The van der Waals surface area contributed by atoms with Gasteiger partial charge in [-0.1, -0.05) is 36.2 Å². The van der Waals surface area contributed by atoms with E-state index in [-0.39, 0.29) is 11.2 Å². The van der Waals surface area contributed by atoms with Gasteiger partial charge in [0.25, 0.3) is 0 Å². The van der Waals surface area contributed by atoms with Gasteiger partial charge in [0, 0.05) is 20.6 Å². The topological polar surface area (TPSA) is 29.1 Å². The largest absolute Gasteiger partial charge is 0.325 e. The molecule has 0 heterocycles. The van der Waals surface area contributed by atoms with E-state index in [0.29, 0.717) is 10.0 Å². The van der Waals surface area contributed by atoms with E-state index in [4.69, 9.17) is 23.2 Å². The van der Waals surface area contributed by atoms with Crippen LogP contribution in [0.3, 0.4) is 0 Å². The molecular formula is C17H17Cl2NOS. The molecule has 0 spiro atoms. The van der Waals surface area contributed by atoms with Crippen LogP contribution in [0.4, 0.5) is 5.69 Å². The van der Waals surface area contributed by atoms with Crippen molar-refractivity contribution in [1.82, 2.24) is 0 Å². The van der Waals surface area contributed by atoms with Crippen molar-refractivity contribution in [3.05, 3.63) is 58.1 Å². The summed E-state index contributed by atoms with van der Waals surface area (Å²) in [6.07, 6.45) is 0.735. The molecule has 2 aromatic carbocycles. The van der Waals surface area contributed by atoms with Crippen LogP contribution >= 0.6 is 35.0 Å². The lowest BCUT2D eigenvalue weighted by atomic mass is 10.2. The van der Waals surface area contributed by atoms with Crippen LogP contribution in [0.25, 0.3) is 0 Å². The number of carbonyl (C=O) groups excluding carboxylic acids is 1. The number of rotatable bonds is 5. The number of hydrogen-bond acceptors (Lipinski definition) is 2. The van der Waals surface area contributed by atoms with Crippen LogP contribution in [-0.2, 0) is 4.79 Å². The van der Waals surface area contributed by atoms with E-state index < -0.39 is 0 Å². The number of anilines is 1. The second kappa shape index (κ2) is 7.91. The van der Waals surface area contributed by atoms with E-state index >= 15 is 0 Å². The second-order valence-corrected chi connectivity index (χ2v) is 7.07. The van der Waals surface area contributed by atoms with Crippen LogP contribution in [0.2, 0.25) is 10.0 Å². The molecular weight excluding hydrogens is 337 g/mol. The first-order valence-electron chi connectivity index (χ1n) is 6.99. The zero-order valence-electron chi connectivity index (χ0n) is 12.4. The first-order chi connectivity index (χ1) is 10.5. The molecule has 5 heteroatoms. The van der Waals surface area contributed by atoms with Gasteiger partial charge in [-0.3, -0.25) is 4.79 Å². The van der Waals surface area contributed by atoms with Gasteiger partial charge in [-0.25, -0.2) is 0 Å². The molecule has 22 heavy (non-hydrogen) atoms. The lowest BCUT2D eigenvalue weighted by Crippen LogP contribution is -2.24. The molecule has 1 atom stereocenters. The zero-order chi connectivity index (χ0) is 16.1. The van der Waals surface area contributed by atoms with Crippen molar-refractivity contribution >= 4 is 46.6 Å². The number of halogens is 2. The molecule has 0 aliphatic heterocycles. The third-order valence-electron chi connectivity index (χ3n) is 3.21. The van der Waals surface area contributed by atoms with Gasteiger partial charge in [0.15, 0.2) is 0 Å². The quantitative estimate of drug-likeness (QED) is 0.687. The minimum atomic E-state index is -0.167. The van der Waals surface area contributed by atoms with Crippen molar-refractivity contribution in [2.45, 2.75) is 30.4 Å². The van der Waals surface area contributed by atoms with Gasteiger partial charge in [0.2, 0.25) is 5.91 Å². The van der Waals surface area contributed by atoms with Gasteiger partial charge in [-0.05, 0) is 55.3 Å². The average Bonchev–Trinajstić information content (AvgIpc) is 2.50. The maximum atomic E-state index is 12.5. The number of carbonyl (C=O) groups is 1. The predicted molar refractivity (Wildman–Crippen MR) is 96.2 cm³/mol. The van der Waals surface area contributed by atoms with E-state index in [1.807, 2.05) is 50.2 Å². The van der Waals surface area contributed by atoms with Crippen LogP contribution in [0.15, 0.2) is 47.4 Å². The molecule has 116 valence electrons. The van der Waals surface area contributed by atoms with Crippen molar-refractivity contribution in [2.75, 3.05) is 5.32 Å². The summed E-state index contributed by atoms with van der Waals surface area (Å²) in [5.41, 5.74) is 1.75. The molecule has 0 saturated carbocycles. The zero-order valence-corrected chi connectivity index (χ0v) is 14.7. The van der Waals surface area contributed by atoms with E-state index in [1.54, 1.807) is 6.07 Å². The Kier molecular flexibility index (Phi) is 6.18. The highest BCUT2D eigenvalue weighted by molar-refractivity contribution is 8.00. The Hall–Kier alpha value is -1.16. The van der Waals surface area contributed by atoms with Crippen LogP contribution in [0, 0.1) is 6.92 Å². The molecule has 2 rings (SSSR count). The van der Waals surface area contributed by atoms with Crippen molar-refractivity contribution in [3.63, 3.8) is 0 Å². The monoisotopic (exact) mass is 353 g/mol. The number of aryl methyl sites for hydroxylation is 1. The summed E-state index contributed by atoms with van der Waals surface area (Å²) in [5.74, 6) is -0.0205. The van der Waals surface area contributed by atoms with Crippen LogP contribution < -0.4 is 5.32 Å². The molecule has 2 aromatic rings. The fourth-order valence-electron chi connectivity index (χ4n) is 1.94. The summed E-state index contributed by atoms with van der Waals surface area (Å²) >= 11 is 13.4. The summed E-state index contributed by atoms with van der Waals surface area (Å²) in [5, 5.41) is 4.10. The van der Waals surface area contributed by atoms with Crippen LogP contribution in [0.5, 0.6) is 0 Å². The Morgan fingerprint density at radius 1 is 1.14 bits per heavy atom. The lowest BCUT2D eigenvalue weighted by molar-refractivity contribution is -0.115. The van der Waals surface area contributed by atoms with Gasteiger partial charge < -0.3 is 5.32 Å². The first kappa shape index (κ1) is 17.2. The second-order valence-electron chi connectivity index (χ2n) is 4.92. The summed E-state index contributed by atoms with van der Waals surface area (Å²) in [6, 6.07) is 13.0. The van der Waals surface area contributed by atoms with Crippen molar-refractivity contribution in [2.24, 2.45) is 0 Å². The van der Waals surface area contributed by atoms with Gasteiger partial charge in [0.1, 0.15) is 0 Å². The Morgan fingerprint density at radius 3 is 2.41 bits per heavy atom. The van der Waals surface area contributed by atoms with Crippen molar-refractivity contribution in [1.29, 1.82) is 0 Å². The third-order valence-corrected chi connectivity index (χ3v) is 5.08. The number of hydrogen-bond donors (Lipinski definition) is 1. The standard InChI is InChI=1S/C17H17Cl2NOS/c1-3-16(22-14-8-6-12(18)7-9-14)17(21)20-15-10-13(19)5-4-11(15)2/h4-10,16H,3H2,1-2H3,(H,20,21)/t16-/m0/s1. The Labute approximate surface area is 145 Å². The highest BCUT2D eigenvalue weighted by Gasteiger charge is 2.18. The summed E-state index contributed by atoms with van der Waals surface area (Å²) in [7, 11) is 0. The minimum absolute atomic E-state index is 0.0205. The van der Waals surface area contributed by atoms with Gasteiger partial charge >= 0.3 is 0 Å². The molecule has 1 N–H and O–H groups in total.